The van der Waals surface area contributed by atoms with Gasteiger partial charge in [-0.3, -0.25) is 0 Å². The smallest absolute Gasteiger partial charge is 0.187 e. The lowest BCUT2D eigenvalue weighted by Gasteiger charge is -2.28. The Morgan fingerprint density at radius 2 is 2.22 bits per heavy atom. The van der Waals surface area contributed by atoms with E-state index in [0.29, 0.717) is 12.5 Å². The Morgan fingerprint density at radius 3 is 2.89 bits per heavy atom. The maximum atomic E-state index is 10.3. The molecule has 0 amide bonds. The first-order valence-corrected chi connectivity index (χ1v) is 7.46. The summed E-state index contributed by atoms with van der Waals surface area (Å²) in [6.45, 7) is 2.36. The Bertz CT molecular complexity index is 384. The highest BCUT2D eigenvalue weighted by atomic mass is 32.2. The number of rotatable bonds is 5. The van der Waals surface area contributed by atoms with Crippen molar-refractivity contribution in [2.75, 3.05) is 12.3 Å². The quantitative estimate of drug-likeness (QED) is 0.628. The van der Waals surface area contributed by atoms with Gasteiger partial charge in [0.05, 0.1) is 5.60 Å². The molecule has 0 aliphatic heterocycles. The van der Waals surface area contributed by atoms with Crippen LogP contribution < -0.4 is 5.73 Å². The van der Waals surface area contributed by atoms with Crippen LogP contribution in [0.3, 0.4) is 0 Å². The number of hydrogen-bond donors (Lipinski definition) is 2. The van der Waals surface area contributed by atoms with Crippen molar-refractivity contribution >= 4 is 11.8 Å². The van der Waals surface area contributed by atoms with Gasteiger partial charge in [0.25, 0.3) is 0 Å². The van der Waals surface area contributed by atoms with E-state index in [1.165, 1.54) is 0 Å². The summed E-state index contributed by atoms with van der Waals surface area (Å²) in [7, 11) is 0. The molecule has 0 aromatic carbocycles. The predicted octanol–water partition coefficient (Wildman–Crippen LogP) is 1.76. The second-order valence-electron chi connectivity index (χ2n) is 5.08. The van der Waals surface area contributed by atoms with Gasteiger partial charge >= 0.3 is 0 Å². The van der Waals surface area contributed by atoms with E-state index in [4.69, 9.17) is 5.73 Å². The van der Waals surface area contributed by atoms with Crippen LogP contribution >= 0.6 is 11.8 Å². The van der Waals surface area contributed by atoms with E-state index in [1.54, 1.807) is 11.8 Å². The molecule has 1 aromatic heterocycles. The van der Waals surface area contributed by atoms with Gasteiger partial charge in [0.15, 0.2) is 5.16 Å². The van der Waals surface area contributed by atoms with E-state index in [1.807, 2.05) is 19.3 Å². The van der Waals surface area contributed by atoms with Crippen molar-refractivity contribution in [3.8, 4) is 0 Å². The molecule has 1 heterocycles. The van der Waals surface area contributed by atoms with Gasteiger partial charge in [-0.25, -0.2) is 9.97 Å². The number of thioether (sulfide) groups is 1. The van der Waals surface area contributed by atoms with Gasteiger partial charge in [-0.05, 0) is 37.7 Å². The lowest BCUT2D eigenvalue weighted by atomic mass is 9.89. The van der Waals surface area contributed by atoms with E-state index in [-0.39, 0.29) is 0 Å². The molecule has 18 heavy (non-hydrogen) atoms. The van der Waals surface area contributed by atoms with Crippen molar-refractivity contribution < 1.29 is 5.11 Å². The van der Waals surface area contributed by atoms with E-state index >= 15 is 0 Å². The third-order valence-corrected chi connectivity index (χ3v) is 4.64. The summed E-state index contributed by atoms with van der Waals surface area (Å²) in [4.78, 5) is 8.53. The average Bonchev–Trinajstić information content (AvgIpc) is 2.74. The minimum absolute atomic E-state index is 0.334. The molecule has 4 nitrogen and oxygen atoms in total. The van der Waals surface area contributed by atoms with Gasteiger partial charge in [0, 0.05) is 24.7 Å². The summed E-state index contributed by atoms with van der Waals surface area (Å²) in [6.07, 6.45) is 7.67. The van der Waals surface area contributed by atoms with Crippen molar-refractivity contribution in [3.05, 3.63) is 18.0 Å². The molecular weight excluding hydrogens is 246 g/mol. The molecule has 1 fully saturated rings. The number of aliphatic hydroxyl groups is 1. The van der Waals surface area contributed by atoms with Crippen LogP contribution in [0.2, 0.25) is 0 Å². The molecule has 2 rings (SSSR count). The first-order chi connectivity index (χ1) is 8.64. The van der Waals surface area contributed by atoms with E-state index in [0.717, 1.165) is 42.2 Å². The highest BCUT2D eigenvalue weighted by Crippen LogP contribution is 2.38. The summed E-state index contributed by atoms with van der Waals surface area (Å²) >= 11 is 1.65. The maximum absolute atomic E-state index is 10.3. The SMILES string of the molecule is Cc1cnc(SCCC2CCCC2(O)CN)nc1. The number of aryl methyl sites for hydroxylation is 1. The Balaban J connectivity index is 1.80. The largest absolute Gasteiger partial charge is 0.388 e. The first-order valence-electron chi connectivity index (χ1n) is 6.48. The highest BCUT2D eigenvalue weighted by molar-refractivity contribution is 7.99. The van der Waals surface area contributed by atoms with Gasteiger partial charge in [-0.15, -0.1) is 0 Å². The molecule has 2 unspecified atom stereocenters. The zero-order valence-corrected chi connectivity index (χ0v) is 11.6. The fourth-order valence-electron chi connectivity index (χ4n) is 2.56. The standard InChI is InChI=1S/C13H21N3OS/c1-10-7-15-12(16-8-10)18-6-4-11-3-2-5-13(11,17)9-14/h7-8,11,17H,2-6,9,14H2,1H3. The van der Waals surface area contributed by atoms with Crippen LogP contribution in [0, 0.1) is 12.8 Å². The molecule has 0 spiro atoms. The summed E-state index contributed by atoms with van der Waals surface area (Å²) in [5, 5.41) is 11.1. The molecule has 0 radical (unpaired) electrons. The van der Waals surface area contributed by atoms with Crippen LogP contribution in [-0.4, -0.2) is 33.0 Å². The monoisotopic (exact) mass is 267 g/mol. The fraction of sp³-hybridized carbons (Fsp3) is 0.692. The minimum Gasteiger partial charge on any atom is -0.388 e. The van der Waals surface area contributed by atoms with Crippen molar-refractivity contribution in [2.24, 2.45) is 11.7 Å². The topological polar surface area (TPSA) is 72.0 Å². The van der Waals surface area contributed by atoms with Gasteiger partial charge in [0.1, 0.15) is 0 Å². The van der Waals surface area contributed by atoms with E-state index in [2.05, 4.69) is 9.97 Å². The number of nitrogens with two attached hydrogens (primary N) is 1. The van der Waals surface area contributed by atoms with Gasteiger partial charge in [0.2, 0.25) is 0 Å². The third kappa shape index (κ3) is 3.22. The zero-order valence-electron chi connectivity index (χ0n) is 10.8. The number of nitrogens with zero attached hydrogens (tertiary/aromatic N) is 2. The Morgan fingerprint density at radius 1 is 1.50 bits per heavy atom. The van der Waals surface area contributed by atoms with Crippen molar-refractivity contribution in [3.63, 3.8) is 0 Å². The third-order valence-electron chi connectivity index (χ3n) is 3.73. The number of hydrogen-bond acceptors (Lipinski definition) is 5. The molecule has 100 valence electrons. The van der Waals surface area contributed by atoms with Gasteiger partial charge in [-0.2, -0.15) is 0 Å². The average molecular weight is 267 g/mol. The minimum atomic E-state index is -0.630. The van der Waals surface area contributed by atoms with Gasteiger partial charge in [-0.1, -0.05) is 18.2 Å². The van der Waals surface area contributed by atoms with Crippen LogP contribution in [0.25, 0.3) is 0 Å². The highest BCUT2D eigenvalue weighted by Gasteiger charge is 2.39. The summed E-state index contributed by atoms with van der Waals surface area (Å²) in [5.74, 6) is 1.27. The molecule has 5 heteroatoms. The molecule has 2 atom stereocenters. The molecule has 3 N–H and O–H groups in total. The molecule has 1 aliphatic rings. The van der Waals surface area contributed by atoms with Crippen LogP contribution in [0.5, 0.6) is 0 Å². The zero-order chi connectivity index (χ0) is 13.0. The van der Waals surface area contributed by atoms with Crippen LogP contribution in [-0.2, 0) is 0 Å². The summed E-state index contributed by atoms with van der Waals surface area (Å²) < 4.78 is 0. The van der Waals surface area contributed by atoms with Crippen molar-refractivity contribution in [1.82, 2.24) is 9.97 Å². The summed E-state index contributed by atoms with van der Waals surface area (Å²) in [6, 6.07) is 0. The maximum Gasteiger partial charge on any atom is 0.187 e. The molecule has 1 aliphatic carbocycles. The van der Waals surface area contributed by atoms with E-state index < -0.39 is 5.60 Å². The van der Waals surface area contributed by atoms with Crippen LogP contribution in [0.1, 0.15) is 31.2 Å². The second-order valence-corrected chi connectivity index (χ2v) is 6.14. The second kappa shape index (κ2) is 5.99. The Kier molecular flexibility index (Phi) is 4.59. The summed E-state index contributed by atoms with van der Waals surface area (Å²) in [5.41, 5.74) is 6.12. The lowest BCUT2D eigenvalue weighted by molar-refractivity contribution is 0.0103. The van der Waals surface area contributed by atoms with Crippen molar-refractivity contribution in [2.45, 2.75) is 43.4 Å². The molecule has 0 bridgehead atoms. The normalized spacial score (nSPS) is 27.6. The molecule has 0 saturated heterocycles. The Hall–Kier alpha value is -0.650. The first kappa shape index (κ1) is 13.8. The van der Waals surface area contributed by atoms with Crippen LogP contribution in [0.15, 0.2) is 17.6 Å². The molecule has 1 saturated carbocycles. The van der Waals surface area contributed by atoms with Crippen LogP contribution in [0.4, 0.5) is 0 Å². The lowest BCUT2D eigenvalue weighted by Crippen LogP contribution is -2.41. The van der Waals surface area contributed by atoms with E-state index in [9.17, 15) is 5.11 Å². The number of aromatic nitrogens is 2. The molecular formula is C13H21N3OS. The fourth-order valence-corrected chi connectivity index (χ4v) is 3.40. The Labute approximate surface area is 112 Å². The predicted molar refractivity (Wildman–Crippen MR) is 73.5 cm³/mol. The van der Waals surface area contributed by atoms with Crippen molar-refractivity contribution in [1.29, 1.82) is 0 Å². The molecule has 1 aromatic rings. The van der Waals surface area contributed by atoms with Gasteiger partial charge < -0.3 is 10.8 Å².